The smallest absolute Gasteiger partial charge is 0.317 e. The molecule has 0 bridgehead atoms. The number of aldehydes is 1. The van der Waals surface area contributed by atoms with Crippen LogP contribution in [-0.2, 0) is 19.2 Å². The molecule has 1 aliphatic rings. The molecule has 1 saturated heterocycles. The maximum Gasteiger partial charge on any atom is 0.317 e. The summed E-state index contributed by atoms with van der Waals surface area (Å²) in [7, 11) is 1.70. The number of nitrogens with zero attached hydrogens (tertiary/aromatic N) is 3. The van der Waals surface area contributed by atoms with Gasteiger partial charge in [0.05, 0.1) is 12.1 Å². The molecule has 290 valence electrons. The minimum Gasteiger partial charge on any atom is -0.351 e. The lowest BCUT2D eigenvalue weighted by Gasteiger charge is -2.31. The molecule has 2 aromatic carbocycles. The van der Waals surface area contributed by atoms with Gasteiger partial charge in [0.2, 0.25) is 18.2 Å². The van der Waals surface area contributed by atoms with Gasteiger partial charge in [-0.25, -0.2) is 9.59 Å². The molecule has 7 amide bonds. The zero-order valence-corrected chi connectivity index (χ0v) is 31.6. The highest BCUT2D eigenvalue weighted by atomic mass is 16.2. The minimum absolute atomic E-state index is 0.184. The molecular weight excluding hydrogens is 676 g/mol. The number of urea groups is 2. The molecule has 1 fully saturated rings. The van der Waals surface area contributed by atoms with Crippen molar-refractivity contribution in [1.29, 1.82) is 0 Å². The van der Waals surface area contributed by atoms with Crippen LogP contribution >= 0.6 is 0 Å². The second-order valence-corrected chi connectivity index (χ2v) is 13.4. The summed E-state index contributed by atoms with van der Waals surface area (Å²) in [6.07, 6.45) is 4.62. The van der Waals surface area contributed by atoms with Crippen molar-refractivity contribution in [2.24, 2.45) is 0 Å². The van der Waals surface area contributed by atoms with Gasteiger partial charge < -0.3 is 46.1 Å². The van der Waals surface area contributed by atoms with E-state index in [-0.39, 0.29) is 55.0 Å². The molecule has 0 radical (unpaired) electrons. The second kappa shape index (κ2) is 22.8. The van der Waals surface area contributed by atoms with E-state index in [1.54, 1.807) is 28.7 Å². The van der Waals surface area contributed by atoms with Gasteiger partial charge in [-0.3, -0.25) is 14.4 Å². The van der Waals surface area contributed by atoms with Crippen molar-refractivity contribution < 1.29 is 28.8 Å². The van der Waals surface area contributed by atoms with Crippen molar-refractivity contribution in [2.75, 3.05) is 46.3 Å². The second-order valence-electron chi connectivity index (χ2n) is 13.4. The van der Waals surface area contributed by atoms with Crippen LogP contribution in [0.1, 0.15) is 76.5 Å². The van der Waals surface area contributed by atoms with Crippen molar-refractivity contribution in [1.82, 2.24) is 41.3 Å². The fraction of sp³-hybridized carbons (Fsp3) is 0.538. The first-order valence-electron chi connectivity index (χ1n) is 18.7. The van der Waals surface area contributed by atoms with Gasteiger partial charge in [0.25, 0.3) is 0 Å². The molecule has 0 aromatic heterocycles. The summed E-state index contributed by atoms with van der Waals surface area (Å²) in [5.41, 5.74) is 1.87. The van der Waals surface area contributed by atoms with Crippen LogP contribution in [0.25, 0.3) is 0 Å². The highest BCUT2D eigenvalue weighted by Gasteiger charge is 2.38. The number of carbonyl (C=O) groups is 6. The van der Waals surface area contributed by atoms with Crippen LogP contribution in [0.3, 0.4) is 0 Å². The lowest BCUT2D eigenvalue weighted by Crippen LogP contribution is -2.52. The van der Waals surface area contributed by atoms with Gasteiger partial charge >= 0.3 is 12.1 Å². The molecule has 1 heterocycles. The Balaban J connectivity index is 1.60. The molecule has 5 N–H and O–H groups in total. The number of likely N-dealkylation sites (N-methyl/N-ethyl adjacent to an activating group) is 1. The molecule has 0 saturated carbocycles. The van der Waals surface area contributed by atoms with E-state index in [4.69, 9.17) is 0 Å². The summed E-state index contributed by atoms with van der Waals surface area (Å²) in [5.74, 6) is -0.419. The van der Waals surface area contributed by atoms with E-state index in [0.29, 0.717) is 64.8 Å². The van der Waals surface area contributed by atoms with E-state index in [1.807, 2.05) is 74.5 Å². The van der Waals surface area contributed by atoms with Crippen molar-refractivity contribution in [3.63, 3.8) is 0 Å². The van der Waals surface area contributed by atoms with Crippen molar-refractivity contribution >= 4 is 36.6 Å². The maximum absolute atomic E-state index is 13.7. The van der Waals surface area contributed by atoms with Gasteiger partial charge in [0, 0.05) is 57.8 Å². The highest BCUT2D eigenvalue weighted by molar-refractivity contribution is 5.85. The van der Waals surface area contributed by atoms with Crippen molar-refractivity contribution in [3.05, 3.63) is 71.8 Å². The Morgan fingerprint density at radius 2 is 1.42 bits per heavy atom. The van der Waals surface area contributed by atoms with Crippen LogP contribution in [0.4, 0.5) is 9.59 Å². The third-order valence-corrected chi connectivity index (χ3v) is 9.60. The number of hydrogen-bond acceptors (Lipinski definition) is 7. The standard InChI is InChI=1S/C39H58N8O6/c1-5-45(24-14-26-48)38(52)41-22-12-13-23-42-39(53)46(27-29(2)43-36(50)30(3)40-4)25-21-33-19-20-34(47(33)28-49)37(51)44-35(31-15-8-6-9-16-31)32-17-10-7-11-18-32/h6-11,15-18,26,28-30,33-35,40H,5,12-14,19-25,27H2,1-4H3,(H,41,52)(H,42,53)(H,43,50)(H,44,51)/t29?,30?,33-,34?/m1/s1. The predicted molar refractivity (Wildman–Crippen MR) is 204 cm³/mol. The van der Waals surface area contributed by atoms with Gasteiger partial charge in [-0.15, -0.1) is 0 Å². The number of unbranched alkanes of at least 4 members (excludes halogenated alkanes) is 1. The van der Waals surface area contributed by atoms with Crippen LogP contribution in [-0.4, -0.2) is 122 Å². The number of benzene rings is 2. The third kappa shape index (κ3) is 13.5. The van der Waals surface area contributed by atoms with E-state index in [9.17, 15) is 28.8 Å². The first kappa shape index (κ1) is 42.4. The summed E-state index contributed by atoms with van der Waals surface area (Å²) in [6, 6.07) is 16.9. The monoisotopic (exact) mass is 734 g/mol. The number of nitrogens with one attached hydrogen (secondary N) is 5. The minimum atomic E-state index is -0.647. The summed E-state index contributed by atoms with van der Waals surface area (Å²) in [5, 5.41) is 14.9. The van der Waals surface area contributed by atoms with Gasteiger partial charge in [-0.1, -0.05) is 60.7 Å². The summed E-state index contributed by atoms with van der Waals surface area (Å²) < 4.78 is 0. The van der Waals surface area contributed by atoms with Crippen LogP contribution in [0, 0.1) is 0 Å². The van der Waals surface area contributed by atoms with E-state index < -0.39 is 12.1 Å². The number of hydrogen-bond donors (Lipinski definition) is 5. The van der Waals surface area contributed by atoms with Crippen molar-refractivity contribution in [2.45, 2.75) is 89.5 Å². The first-order valence-corrected chi connectivity index (χ1v) is 18.7. The van der Waals surface area contributed by atoms with Gasteiger partial charge in [0.15, 0.2) is 0 Å². The quantitative estimate of drug-likeness (QED) is 0.0915. The Morgan fingerprint density at radius 1 is 0.830 bits per heavy atom. The Kier molecular flexibility index (Phi) is 18.3. The Morgan fingerprint density at radius 3 is 1.94 bits per heavy atom. The topological polar surface area (TPSA) is 172 Å². The molecule has 0 spiro atoms. The number of carbonyl (C=O) groups excluding carboxylic acids is 6. The van der Waals surface area contributed by atoms with E-state index in [2.05, 4.69) is 26.6 Å². The third-order valence-electron chi connectivity index (χ3n) is 9.60. The fourth-order valence-corrected chi connectivity index (χ4v) is 6.44. The SMILES string of the molecule is CCN(CCC=O)C(=O)NCCCCNC(=O)N(CC[C@H]1CCC(C(=O)NC(c2ccccc2)c2ccccc2)N1C=O)CC(C)NC(=O)C(C)NC. The van der Waals surface area contributed by atoms with E-state index in [0.717, 1.165) is 23.8 Å². The predicted octanol–water partition coefficient (Wildman–Crippen LogP) is 2.80. The summed E-state index contributed by atoms with van der Waals surface area (Å²) in [6.45, 7) is 7.66. The molecule has 14 nitrogen and oxygen atoms in total. The molecule has 53 heavy (non-hydrogen) atoms. The normalized spacial score (nSPS) is 16.3. The molecule has 14 heteroatoms. The number of amides is 7. The van der Waals surface area contributed by atoms with E-state index in [1.165, 1.54) is 0 Å². The van der Waals surface area contributed by atoms with Crippen LogP contribution in [0.5, 0.6) is 0 Å². The van der Waals surface area contributed by atoms with Gasteiger partial charge in [-0.2, -0.15) is 0 Å². The molecular formula is C39H58N8O6. The zero-order chi connectivity index (χ0) is 38.6. The van der Waals surface area contributed by atoms with Crippen LogP contribution < -0.4 is 26.6 Å². The lowest BCUT2D eigenvalue weighted by atomic mass is 9.98. The largest absolute Gasteiger partial charge is 0.351 e. The zero-order valence-electron chi connectivity index (χ0n) is 31.6. The van der Waals surface area contributed by atoms with Crippen LogP contribution in [0.2, 0.25) is 0 Å². The highest BCUT2D eigenvalue weighted by Crippen LogP contribution is 2.28. The van der Waals surface area contributed by atoms with Gasteiger partial charge in [0.1, 0.15) is 12.3 Å². The Hall–Kier alpha value is -4.98. The van der Waals surface area contributed by atoms with E-state index >= 15 is 0 Å². The molecule has 3 unspecified atom stereocenters. The average molecular weight is 735 g/mol. The van der Waals surface area contributed by atoms with Crippen LogP contribution in [0.15, 0.2) is 60.7 Å². The molecule has 2 aromatic rings. The Labute approximate surface area is 313 Å². The van der Waals surface area contributed by atoms with Crippen molar-refractivity contribution in [3.8, 4) is 0 Å². The first-order chi connectivity index (χ1) is 25.6. The Bertz CT molecular complexity index is 1410. The number of likely N-dealkylation sites (tertiary alicyclic amines) is 1. The fourth-order valence-electron chi connectivity index (χ4n) is 6.44. The number of rotatable bonds is 22. The lowest BCUT2D eigenvalue weighted by molar-refractivity contribution is -0.132. The maximum atomic E-state index is 13.7. The molecule has 0 aliphatic carbocycles. The summed E-state index contributed by atoms with van der Waals surface area (Å²) >= 11 is 0. The average Bonchev–Trinajstić information content (AvgIpc) is 3.60. The molecule has 4 atom stereocenters. The molecule has 3 rings (SSSR count). The molecule has 1 aliphatic heterocycles. The summed E-state index contributed by atoms with van der Waals surface area (Å²) in [4.78, 5) is 80.0. The van der Waals surface area contributed by atoms with Gasteiger partial charge in [-0.05, 0) is 71.0 Å².